The van der Waals surface area contributed by atoms with Crippen molar-refractivity contribution in [1.29, 1.82) is 0 Å². The minimum atomic E-state index is -0.236. The Labute approximate surface area is 238 Å². The highest BCUT2D eigenvalue weighted by Gasteiger charge is 2.21. The number of benzene rings is 3. The first-order chi connectivity index (χ1) is 19.4. The first-order valence-corrected chi connectivity index (χ1v) is 14.0. The Morgan fingerprint density at radius 1 is 1.00 bits per heavy atom. The lowest BCUT2D eigenvalue weighted by molar-refractivity contribution is -0.113. The highest BCUT2D eigenvalue weighted by atomic mass is 32.2. The zero-order chi connectivity index (χ0) is 28.1. The number of rotatable bonds is 10. The summed E-state index contributed by atoms with van der Waals surface area (Å²) in [6, 6.07) is 20.4. The lowest BCUT2D eigenvalue weighted by Gasteiger charge is -2.15. The number of thioether (sulfide) groups is 1. The van der Waals surface area contributed by atoms with Crippen LogP contribution in [0.1, 0.15) is 21.7 Å². The molecule has 0 fully saturated rings. The highest BCUT2D eigenvalue weighted by molar-refractivity contribution is 7.99. The Balaban J connectivity index is 1.38. The Kier molecular flexibility index (Phi) is 8.27. The predicted molar refractivity (Wildman–Crippen MR) is 156 cm³/mol. The van der Waals surface area contributed by atoms with Crippen molar-refractivity contribution in [3.8, 4) is 17.2 Å². The fraction of sp³-hybridized carbons (Fsp3) is 0.179. The molecule has 0 aliphatic carbocycles. The van der Waals surface area contributed by atoms with Gasteiger partial charge in [-0.2, -0.15) is 0 Å². The second-order valence-electron chi connectivity index (χ2n) is 8.65. The van der Waals surface area contributed by atoms with Crippen molar-refractivity contribution in [2.75, 3.05) is 25.3 Å². The molecule has 0 aliphatic rings. The van der Waals surface area contributed by atoms with Crippen LogP contribution in [-0.2, 0) is 11.3 Å². The molecule has 0 aliphatic heterocycles. The minimum Gasteiger partial charge on any atom is -0.497 e. The van der Waals surface area contributed by atoms with E-state index in [1.807, 2.05) is 49.4 Å². The number of ether oxygens (including phenoxy) is 2. The number of fused-ring (bicyclic) bond motifs is 1. The van der Waals surface area contributed by atoms with Crippen LogP contribution in [0.15, 0.2) is 71.9 Å². The number of aryl methyl sites for hydroxylation is 1. The summed E-state index contributed by atoms with van der Waals surface area (Å²) in [5, 5.41) is 15.4. The fourth-order valence-corrected chi connectivity index (χ4v) is 5.63. The zero-order valence-electron chi connectivity index (χ0n) is 22.0. The van der Waals surface area contributed by atoms with Gasteiger partial charge in [0.15, 0.2) is 16.1 Å². The lowest BCUT2D eigenvalue weighted by atomic mass is 10.1. The van der Waals surface area contributed by atoms with Crippen LogP contribution in [0.25, 0.3) is 15.9 Å². The summed E-state index contributed by atoms with van der Waals surface area (Å²) < 4.78 is 13.8. The number of carbonyl (C=O) groups excluding carboxylic acids is 2. The topological polar surface area (TPSA) is 120 Å². The molecule has 0 bridgehead atoms. The predicted octanol–water partition coefficient (Wildman–Crippen LogP) is 4.86. The van der Waals surface area contributed by atoms with Gasteiger partial charge in [-0.05, 0) is 43.3 Å². The molecule has 3 aromatic carbocycles. The van der Waals surface area contributed by atoms with E-state index in [4.69, 9.17) is 9.47 Å². The summed E-state index contributed by atoms with van der Waals surface area (Å²) in [4.78, 5) is 30.1. The quantitative estimate of drug-likeness (QED) is 0.227. The van der Waals surface area contributed by atoms with Gasteiger partial charge >= 0.3 is 0 Å². The Bertz CT molecular complexity index is 1650. The molecule has 0 unspecified atom stereocenters. The Morgan fingerprint density at radius 2 is 1.85 bits per heavy atom. The molecule has 2 aromatic heterocycles. The van der Waals surface area contributed by atoms with E-state index >= 15 is 0 Å². The van der Waals surface area contributed by atoms with Crippen molar-refractivity contribution in [3.63, 3.8) is 0 Å². The van der Waals surface area contributed by atoms with E-state index in [0.29, 0.717) is 38.9 Å². The summed E-state index contributed by atoms with van der Waals surface area (Å²) in [5.74, 6) is 1.21. The molecule has 2 heterocycles. The van der Waals surface area contributed by atoms with Crippen molar-refractivity contribution in [3.05, 3.63) is 83.7 Å². The van der Waals surface area contributed by atoms with Gasteiger partial charge in [0, 0.05) is 11.6 Å². The fourth-order valence-electron chi connectivity index (χ4n) is 3.98. The number of aromatic nitrogens is 4. The number of amides is 2. The number of para-hydroxylation sites is 1. The van der Waals surface area contributed by atoms with Crippen LogP contribution in [0.2, 0.25) is 0 Å². The number of carbonyl (C=O) groups is 2. The standard InChI is InChI=1S/C28H26N6O4S2/c1-17-7-6-8-18(13-17)26(36)29-15-24-32-33-28(34(24)21-14-19(37-2)11-12-22(21)38-3)39-16-25(35)31-27-30-20-9-4-5-10-23(20)40-27/h4-14H,15-16H2,1-3H3,(H,29,36)(H,30,31,35). The van der Waals surface area contributed by atoms with Crippen LogP contribution in [-0.4, -0.2) is 51.5 Å². The van der Waals surface area contributed by atoms with Crippen LogP contribution in [0.5, 0.6) is 11.5 Å². The van der Waals surface area contributed by atoms with Crippen LogP contribution in [0.4, 0.5) is 5.13 Å². The summed E-state index contributed by atoms with van der Waals surface area (Å²) in [5.41, 5.74) is 2.98. The summed E-state index contributed by atoms with van der Waals surface area (Å²) in [7, 11) is 3.13. The molecule has 2 N–H and O–H groups in total. The lowest BCUT2D eigenvalue weighted by Crippen LogP contribution is -2.24. The monoisotopic (exact) mass is 574 g/mol. The molecular weight excluding hydrogens is 548 g/mol. The molecule has 204 valence electrons. The Hall–Kier alpha value is -4.42. The second-order valence-corrected chi connectivity index (χ2v) is 10.6. The summed E-state index contributed by atoms with van der Waals surface area (Å²) in [6.45, 7) is 2.03. The van der Waals surface area contributed by atoms with Gasteiger partial charge in [0.2, 0.25) is 5.91 Å². The van der Waals surface area contributed by atoms with Crippen LogP contribution in [0, 0.1) is 6.92 Å². The van der Waals surface area contributed by atoms with Crippen LogP contribution in [0.3, 0.4) is 0 Å². The van der Waals surface area contributed by atoms with Crippen molar-refractivity contribution >= 4 is 50.3 Å². The molecule has 0 saturated carbocycles. The maximum Gasteiger partial charge on any atom is 0.251 e. The van der Waals surface area contributed by atoms with Gasteiger partial charge in [-0.3, -0.25) is 14.2 Å². The highest BCUT2D eigenvalue weighted by Crippen LogP contribution is 2.32. The Morgan fingerprint density at radius 3 is 2.62 bits per heavy atom. The van der Waals surface area contributed by atoms with Gasteiger partial charge in [0.05, 0.1) is 42.4 Å². The summed E-state index contributed by atoms with van der Waals surface area (Å²) in [6.07, 6.45) is 0. The van der Waals surface area contributed by atoms with Crippen LogP contribution >= 0.6 is 23.1 Å². The average Bonchev–Trinajstić information content (AvgIpc) is 3.57. The van der Waals surface area contributed by atoms with Crippen molar-refractivity contribution in [2.45, 2.75) is 18.6 Å². The van der Waals surface area contributed by atoms with Gasteiger partial charge in [-0.15, -0.1) is 10.2 Å². The van der Waals surface area contributed by atoms with Gasteiger partial charge < -0.3 is 20.1 Å². The van der Waals surface area contributed by atoms with E-state index in [1.54, 1.807) is 43.1 Å². The number of thiazole rings is 1. The SMILES string of the molecule is COc1ccc(OC)c(-n2c(CNC(=O)c3cccc(C)c3)nnc2SCC(=O)Nc2nc3ccccc3s2)c1. The van der Waals surface area contributed by atoms with Crippen LogP contribution < -0.4 is 20.1 Å². The van der Waals surface area contributed by atoms with Crippen molar-refractivity contribution in [2.24, 2.45) is 0 Å². The molecule has 40 heavy (non-hydrogen) atoms. The van der Waals surface area contributed by atoms with E-state index in [-0.39, 0.29) is 24.1 Å². The largest absolute Gasteiger partial charge is 0.497 e. The molecule has 2 amide bonds. The molecule has 5 aromatic rings. The van der Waals surface area contributed by atoms with Gasteiger partial charge in [-0.1, -0.05) is 52.9 Å². The van der Waals surface area contributed by atoms with Gasteiger partial charge in [0.1, 0.15) is 11.5 Å². The maximum atomic E-state index is 12.8. The van der Waals surface area contributed by atoms with E-state index in [0.717, 1.165) is 15.8 Å². The third-order valence-corrected chi connectivity index (χ3v) is 7.77. The molecular formula is C28H26N6O4S2. The van der Waals surface area contributed by atoms with E-state index in [1.165, 1.54) is 23.1 Å². The molecule has 0 atom stereocenters. The number of anilines is 1. The molecule has 12 heteroatoms. The number of nitrogens with one attached hydrogen (secondary N) is 2. The van der Waals surface area contributed by atoms with E-state index in [9.17, 15) is 9.59 Å². The van der Waals surface area contributed by atoms with Crippen molar-refractivity contribution < 1.29 is 19.1 Å². The molecule has 5 rings (SSSR count). The number of methoxy groups -OCH3 is 2. The number of hydrogen-bond donors (Lipinski definition) is 2. The zero-order valence-corrected chi connectivity index (χ0v) is 23.6. The van der Waals surface area contributed by atoms with E-state index in [2.05, 4.69) is 25.8 Å². The molecule has 0 saturated heterocycles. The first-order valence-electron chi connectivity index (χ1n) is 12.2. The molecule has 10 nitrogen and oxygen atoms in total. The van der Waals surface area contributed by atoms with Gasteiger partial charge in [0.25, 0.3) is 5.91 Å². The van der Waals surface area contributed by atoms with Gasteiger partial charge in [-0.25, -0.2) is 4.98 Å². The summed E-state index contributed by atoms with van der Waals surface area (Å²) >= 11 is 2.62. The normalized spacial score (nSPS) is 10.9. The average molecular weight is 575 g/mol. The maximum absolute atomic E-state index is 12.8. The van der Waals surface area contributed by atoms with E-state index < -0.39 is 0 Å². The number of nitrogens with zero attached hydrogens (tertiary/aromatic N) is 4. The minimum absolute atomic E-state index is 0.0655. The smallest absolute Gasteiger partial charge is 0.251 e. The number of hydrogen-bond acceptors (Lipinski definition) is 9. The third-order valence-electron chi connectivity index (χ3n) is 5.89. The third kappa shape index (κ3) is 6.08. The second kappa shape index (κ2) is 12.2. The molecule has 0 radical (unpaired) electrons. The van der Waals surface area contributed by atoms with Crippen molar-refractivity contribution in [1.82, 2.24) is 25.1 Å². The molecule has 0 spiro atoms. The first kappa shape index (κ1) is 27.2.